The Morgan fingerprint density at radius 2 is 1.81 bits per heavy atom. The fraction of sp³-hybridized carbons (Fsp3) is 0.824. The highest BCUT2D eigenvalue weighted by Crippen LogP contribution is 2.13. The number of piperidine rings is 1. The van der Waals surface area contributed by atoms with Crippen LogP contribution in [0.2, 0.25) is 0 Å². The van der Waals surface area contributed by atoms with Gasteiger partial charge in [0.25, 0.3) is 0 Å². The molecule has 2 aliphatic heterocycles. The zero-order valence-corrected chi connectivity index (χ0v) is 13.9. The molecule has 2 aliphatic rings. The predicted molar refractivity (Wildman–Crippen MR) is 87.3 cm³/mol. The SMILES string of the molecule is CC(C)=CCN1CCC(NC(C)C(=O)N2CCCC2)CC1. The van der Waals surface area contributed by atoms with Crippen molar-refractivity contribution in [2.24, 2.45) is 0 Å². The van der Waals surface area contributed by atoms with E-state index < -0.39 is 0 Å². The summed E-state index contributed by atoms with van der Waals surface area (Å²) in [6, 6.07) is 0.465. The lowest BCUT2D eigenvalue weighted by Crippen LogP contribution is -2.50. The molecule has 1 N–H and O–H groups in total. The number of nitrogens with zero attached hydrogens (tertiary/aromatic N) is 2. The van der Waals surface area contributed by atoms with Gasteiger partial charge >= 0.3 is 0 Å². The van der Waals surface area contributed by atoms with E-state index in [9.17, 15) is 4.79 Å². The second kappa shape index (κ2) is 7.95. The Kier molecular flexibility index (Phi) is 6.24. The van der Waals surface area contributed by atoms with Crippen LogP contribution in [-0.2, 0) is 4.79 Å². The monoisotopic (exact) mass is 293 g/mol. The van der Waals surface area contributed by atoms with Gasteiger partial charge in [-0.1, -0.05) is 11.6 Å². The summed E-state index contributed by atoms with van der Waals surface area (Å²) in [7, 11) is 0. The molecule has 0 radical (unpaired) electrons. The van der Waals surface area contributed by atoms with E-state index in [1.165, 1.54) is 18.4 Å². The van der Waals surface area contributed by atoms with Gasteiger partial charge in [0, 0.05) is 25.7 Å². The molecule has 0 bridgehead atoms. The van der Waals surface area contributed by atoms with Gasteiger partial charge in [-0.25, -0.2) is 0 Å². The van der Waals surface area contributed by atoms with E-state index in [0.717, 1.165) is 45.6 Å². The van der Waals surface area contributed by atoms with Crippen molar-refractivity contribution in [1.29, 1.82) is 0 Å². The summed E-state index contributed by atoms with van der Waals surface area (Å²) < 4.78 is 0. The average molecular weight is 293 g/mol. The first-order valence-corrected chi connectivity index (χ1v) is 8.47. The summed E-state index contributed by atoms with van der Waals surface area (Å²) in [5.41, 5.74) is 1.39. The maximum absolute atomic E-state index is 12.3. The van der Waals surface area contributed by atoms with Gasteiger partial charge in [0.1, 0.15) is 0 Å². The first kappa shape index (κ1) is 16.5. The predicted octanol–water partition coefficient (Wildman–Crippen LogP) is 2.02. The Morgan fingerprint density at radius 3 is 2.38 bits per heavy atom. The van der Waals surface area contributed by atoms with Crippen LogP contribution in [0, 0.1) is 0 Å². The summed E-state index contributed by atoms with van der Waals surface area (Å²) in [5, 5.41) is 3.55. The minimum Gasteiger partial charge on any atom is -0.341 e. The fourth-order valence-electron chi connectivity index (χ4n) is 3.23. The van der Waals surface area contributed by atoms with Crippen LogP contribution in [0.5, 0.6) is 0 Å². The largest absolute Gasteiger partial charge is 0.341 e. The zero-order chi connectivity index (χ0) is 15.2. The molecule has 0 spiro atoms. The lowest BCUT2D eigenvalue weighted by Gasteiger charge is -2.33. The number of likely N-dealkylation sites (tertiary alicyclic amines) is 2. The highest BCUT2D eigenvalue weighted by molar-refractivity contribution is 5.81. The van der Waals surface area contributed by atoms with Gasteiger partial charge in [-0.2, -0.15) is 0 Å². The van der Waals surface area contributed by atoms with Gasteiger partial charge in [0.15, 0.2) is 0 Å². The Bertz CT molecular complexity index is 362. The summed E-state index contributed by atoms with van der Waals surface area (Å²) in [4.78, 5) is 16.8. The quantitative estimate of drug-likeness (QED) is 0.788. The first-order valence-electron chi connectivity index (χ1n) is 8.47. The fourth-order valence-corrected chi connectivity index (χ4v) is 3.23. The summed E-state index contributed by atoms with van der Waals surface area (Å²) >= 11 is 0. The highest BCUT2D eigenvalue weighted by Gasteiger charge is 2.26. The summed E-state index contributed by atoms with van der Waals surface area (Å²) in [6.07, 6.45) is 6.93. The number of amides is 1. The molecule has 0 aromatic rings. The molecule has 2 fully saturated rings. The van der Waals surface area contributed by atoms with E-state index in [0.29, 0.717) is 11.9 Å². The molecule has 1 amide bonds. The van der Waals surface area contributed by atoms with Crippen molar-refractivity contribution in [3.63, 3.8) is 0 Å². The number of nitrogens with one attached hydrogen (secondary N) is 1. The van der Waals surface area contributed by atoms with Crippen LogP contribution in [0.3, 0.4) is 0 Å². The topological polar surface area (TPSA) is 35.6 Å². The van der Waals surface area contributed by atoms with Crippen molar-refractivity contribution in [1.82, 2.24) is 15.1 Å². The zero-order valence-electron chi connectivity index (χ0n) is 13.9. The second-order valence-corrected chi connectivity index (χ2v) is 6.78. The number of hydrogen-bond donors (Lipinski definition) is 1. The molecule has 4 nitrogen and oxygen atoms in total. The Hall–Kier alpha value is -0.870. The first-order chi connectivity index (χ1) is 10.1. The lowest BCUT2D eigenvalue weighted by molar-refractivity contribution is -0.132. The molecule has 120 valence electrons. The minimum absolute atomic E-state index is 0.0302. The van der Waals surface area contributed by atoms with Gasteiger partial charge in [-0.15, -0.1) is 0 Å². The van der Waals surface area contributed by atoms with Crippen LogP contribution in [0.25, 0.3) is 0 Å². The van der Waals surface area contributed by atoms with E-state index in [1.807, 2.05) is 11.8 Å². The molecular weight excluding hydrogens is 262 g/mol. The molecule has 1 atom stereocenters. The number of carbonyl (C=O) groups is 1. The third-order valence-corrected chi connectivity index (χ3v) is 4.62. The average Bonchev–Trinajstić information content (AvgIpc) is 2.99. The van der Waals surface area contributed by atoms with Crippen molar-refractivity contribution >= 4 is 5.91 Å². The molecule has 2 saturated heterocycles. The lowest BCUT2D eigenvalue weighted by atomic mass is 10.0. The van der Waals surface area contributed by atoms with Crippen LogP contribution in [0.1, 0.15) is 46.5 Å². The van der Waals surface area contributed by atoms with Crippen LogP contribution >= 0.6 is 0 Å². The molecule has 0 aromatic heterocycles. The Balaban J connectivity index is 1.70. The van der Waals surface area contributed by atoms with Crippen molar-refractivity contribution < 1.29 is 4.79 Å². The van der Waals surface area contributed by atoms with Crippen molar-refractivity contribution in [2.75, 3.05) is 32.7 Å². The van der Waals surface area contributed by atoms with Gasteiger partial charge in [0.05, 0.1) is 6.04 Å². The number of allylic oxidation sites excluding steroid dienone is 1. The van der Waals surface area contributed by atoms with E-state index in [4.69, 9.17) is 0 Å². The molecule has 2 heterocycles. The second-order valence-electron chi connectivity index (χ2n) is 6.78. The van der Waals surface area contributed by atoms with Crippen LogP contribution in [0.4, 0.5) is 0 Å². The highest BCUT2D eigenvalue weighted by atomic mass is 16.2. The van der Waals surface area contributed by atoms with E-state index in [1.54, 1.807) is 0 Å². The molecule has 21 heavy (non-hydrogen) atoms. The summed E-state index contributed by atoms with van der Waals surface area (Å²) in [6.45, 7) is 11.6. The van der Waals surface area contributed by atoms with E-state index in [-0.39, 0.29) is 6.04 Å². The third kappa shape index (κ3) is 5.11. The molecule has 1 unspecified atom stereocenters. The van der Waals surface area contributed by atoms with Crippen molar-refractivity contribution in [3.8, 4) is 0 Å². The molecule has 0 aromatic carbocycles. The molecular formula is C17H31N3O. The standard InChI is InChI=1S/C17H31N3O/c1-14(2)6-11-19-12-7-16(8-13-19)18-15(3)17(21)20-9-4-5-10-20/h6,15-16,18H,4-5,7-13H2,1-3H3. The maximum Gasteiger partial charge on any atom is 0.239 e. The normalized spacial score (nSPS) is 22.3. The summed E-state index contributed by atoms with van der Waals surface area (Å²) in [5.74, 6) is 0.291. The minimum atomic E-state index is -0.0302. The van der Waals surface area contributed by atoms with E-state index in [2.05, 4.69) is 30.1 Å². The maximum atomic E-state index is 12.3. The number of rotatable bonds is 5. The third-order valence-electron chi connectivity index (χ3n) is 4.62. The molecule has 0 aliphatic carbocycles. The molecule has 0 saturated carbocycles. The van der Waals surface area contributed by atoms with Crippen LogP contribution in [-0.4, -0.2) is 60.5 Å². The number of hydrogen-bond acceptors (Lipinski definition) is 3. The van der Waals surface area contributed by atoms with Crippen LogP contribution < -0.4 is 5.32 Å². The molecule has 2 rings (SSSR count). The van der Waals surface area contributed by atoms with Crippen molar-refractivity contribution in [3.05, 3.63) is 11.6 Å². The number of carbonyl (C=O) groups excluding carboxylic acids is 1. The van der Waals surface area contributed by atoms with Gasteiger partial charge in [0.2, 0.25) is 5.91 Å². The van der Waals surface area contributed by atoms with Crippen molar-refractivity contribution in [2.45, 2.75) is 58.5 Å². The van der Waals surface area contributed by atoms with Gasteiger partial charge in [-0.3, -0.25) is 9.69 Å². The van der Waals surface area contributed by atoms with Gasteiger partial charge in [-0.05, 0) is 59.5 Å². The van der Waals surface area contributed by atoms with Gasteiger partial charge < -0.3 is 10.2 Å². The van der Waals surface area contributed by atoms with E-state index >= 15 is 0 Å². The molecule has 4 heteroatoms. The Morgan fingerprint density at radius 1 is 1.19 bits per heavy atom. The van der Waals surface area contributed by atoms with Crippen LogP contribution in [0.15, 0.2) is 11.6 Å². The smallest absolute Gasteiger partial charge is 0.239 e. The Labute approximate surface area is 129 Å².